The number of amides is 1. The highest BCUT2D eigenvalue weighted by Crippen LogP contribution is 2.19. The van der Waals surface area contributed by atoms with Gasteiger partial charge in [-0.05, 0) is 5.41 Å². The van der Waals surface area contributed by atoms with Crippen molar-refractivity contribution in [2.75, 3.05) is 0 Å². The van der Waals surface area contributed by atoms with Gasteiger partial charge in [0, 0.05) is 6.42 Å². The van der Waals surface area contributed by atoms with Crippen molar-refractivity contribution in [1.29, 1.82) is 0 Å². The third-order valence-corrected chi connectivity index (χ3v) is 2.07. The Hall–Kier alpha value is -1.54. The third-order valence-electron chi connectivity index (χ3n) is 2.07. The fourth-order valence-electron chi connectivity index (χ4n) is 1.12. The van der Waals surface area contributed by atoms with Crippen LogP contribution in [0.2, 0.25) is 0 Å². The molecule has 2 unspecified atom stereocenters. The van der Waals surface area contributed by atoms with E-state index in [4.69, 9.17) is 17.3 Å². The van der Waals surface area contributed by atoms with Crippen LogP contribution in [0.3, 0.4) is 0 Å². The van der Waals surface area contributed by atoms with Crippen molar-refractivity contribution >= 4 is 11.9 Å². The standard InChI is InChI=1S/C11H18N2O3/c1-5-6-7(12)9(14)13-8(10(15)16)11(2,3)4/h1,7-8H,6,12H2,2-4H3,(H,13,14)(H,15,16). The number of carboxylic acids is 1. The van der Waals surface area contributed by atoms with Crippen LogP contribution in [0.5, 0.6) is 0 Å². The van der Waals surface area contributed by atoms with E-state index in [1.165, 1.54) is 0 Å². The lowest BCUT2D eigenvalue weighted by Gasteiger charge is -2.28. The summed E-state index contributed by atoms with van der Waals surface area (Å²) in [6.45, 7) is 5.16. The lowest BCUT2D eigenvalue weighted by molar-refractivity contribution is -0.145. The molecule has 1 amide bonds. The average molecular weight is 226 g/mol. The normalized spacial score (nSPS) is 14.7. The minimum Gasteiger partial charge on any atom is -0.480 e. The first-order chi connectivity index (χ1) is 7.20. The molecule has 5 nitrogen and oxygen atoms in total. The molecule has 0 aliphatic heterocycles. The number of nitrogens with one attached hydrogen (secondary N) is 1. The quantitative estimate of drug-likeness (QED) is 0.586. The van der Waals surface area contributed by atoms with Gasteiger partial charge in [-0.15, -0.1) is 12.3 Å². The van der Waals surface area contributed by atoms with E-state index in [0.29, 0.717) is 0 Å². The molecule has 16 heavy (non-hydrogen) atoms. The fraction of sp³-hybridized carbons (Fsp3) is 0.636. The molecule has 0 spiro atoms. The van der Waals surface area contributed by atoms with Crippen LogP contribution in [0, 0.1) is 17.8 Å². The second kappa shape index (κ2) is 5.52. The molecule has 0 aromatic rings. The number of nitrogens with two attached hydrogens (primary N) is 1. The number of carbonyl (C=O) groups is 2. The molecule has 90 valence electrons. The summed E-state index contributed by atoms with van der Waals surface area (Å²) in [4.78, 5) is 22.5. The van der Waals surface area contributed by atoms with Crippen molar-refractivity contribution in [2.24, 2.45) is 11.1 Å². The molecule has 0 aromatic carbocycles. The van der Waals surface area contributed by atoms with E-state index >= 15 is 0 Å². The predicted octanol–water partition coefficient (Wildman–Crippen LogP) is -0.0475. The summed E-state index contributed by atoms with van der Waals surface area (Å²) < 4.78 is 0. The first kappa shape index (κ1) is 14.5. The van der Waals surface area contributed by atoms with Gasteiger partial charge < -0.3 is 16.2 Å². The van der Waals surface area contributed by atoms with Gasteiger partial charge in [0.05, 0.1) is 6.04 Å². The van der Waals surface area contributed by atoms with E-state index < -0.39 is 29.4 Å². The van der Waals surface area contributed by atoms with E-state index in [9.17, 15) is 9.59 Å². The predicted molar refractivity (Wildman–Crippen MR) is 60.4 cm³/mol. The first-order valence-corrected chi connectivity index (χ1v) is 4.92. The lowest BCUT2D eigenvalue weighted by Crippen LogP contribution is -2.53. The summed E-state index contributed by atoms with van der Waals surface area (Å²) in [7, 11) is 0. The topological polar surface area (TPSA) is 92.4 Å². The Morgan fingerprint density at radius 1 is 1.50 bits per heavy atom. The summed E-state index contributed by atoms with van der Waals surface area (Å²) in [6.07, 6.45) is 5.10. The monoisotopic (exact) mass is 226 g/mol. The van der Waals surface area contributed by atoms with Gasteiger partial charge >= 0.3 is 5.97 Å². The third kappa shape index (κ3) is 4.32. The smallest absolute Gasteiger partial charge is 0.326 e. The van der Waals surface area contributed by atoms with Gasteiger partial charge in [0.1, 0.15) is 6.04 Å². The molecule has 4 N–H and O–H groups in total. The Morgan fingerprint density at radius 2 is 2.00 bits per heavy atom. The summed E-state index contributed by atoms with van der Waals surface area (Å²) in [6, 6.07) is -1.85. The van der Waals surface area contributed by atoms with Crippen molar-refractivity contribution in [3.63, 3.8) is 0 Å². The van der Waals surface area contributed by atoms with Crippen molar-refractivity contribution in [1.82, 2.24) is 5.32 Å². The molecule has 0 aliphatic rings. The van der Waals surface area contributed by atoms with Crippen LogP contribution in [0.1, 0.15) is 27.2 Å². The summed E-state index contributed by atoms with van der Waals surface area (Å²) >= 11 is 0. The minimum absolute atomic E-state index is 0.0856. The fourth-order valence-corrected chi connectivity index (χ4v) is 1.12. The van der Waals surface area contributed by atoms with Gasteiger partial charge in [-0.25, -0.2) is 4.79 Å². The Labute approximate surface area is 95.4 Å². The van der Waals surface area contributed by atoms with Gasteiger partial charge in [-0.3, -0.25) is 4.79 Å². The molecule has 0 radical (unpaired) electrons. The van der Waals surface area contributed by atoms with Gasteiger partial charge in [0.2, 0.25) is 5.91 Å². The number of aliphatic carboxylic acids is 1. The molecule has 0 heterocycles. The number of hydrogen-bond acceptors (Lipinski definition) is 3. The van der Waals surface area contributed by atoms with Crippen molar-refractivity contribution < 1.29 is 14.7 Å². The molecule has 0 aromatic heterocycles. The van der Waals surface area contributed by atoms with Crippen LogP contribution in [0.4, 0.5) is 0 Å². The molecular weight excluding hydrogens is 208 g/mol. The number of carbonyl (C=O) groups excluding carboxylic acids is 1. The van der Waals surface area contributed by atoms with Crippen molar-refractivity contribution in [2.45, 2.75) is 39.3 Å². The van der Waals surface area contributed by atoms with E-state index in [2.05, 4.69) is 11.2 Å². The highest BCUT2D eigenvalue weighted by atomic mass is 16.4. The largest absolute Gasteiger partial charge is 0.480 e. The maximum atomic E-state index is 11.5. The van der Waals surface area contributed by atoms with Crippen LogP contribution in [0.15, 0.2) is 0 Å². The molecule has 0 bridgehead atoms. The number of hydrogen-bond donors (Lipinski definition) is 3. The SMILES string of the molecule is C#CCC(N)C(=O)NC(C(=O)O)C(C)(C)C. The van der Waals surface area contributed by atoms with Crippen LogP contribution < -0.4 is 11.1 Å². The van der Waals surface area contributed by atoms with Crippen LogP contribution in [-0.4, -0.2) is 29.1 Å². The molecule has 0 aliphatic carbocycles. The second-order valence-corrected chi connectivity index (χ2v) is 4.66. The van der Waals surface area contributed by atoms with E-state index in [0.717, 1.165) is 0 Å². The molecule has 0 saturated carbocycles. The molecule has 0 rings (SSSR count). The van der Waals surface area contributed by atoms with Gasteiger partial charge in [0.15, 0.2) is 0 Å². The van der Waals surface area contributed by atoms with Crippen LogP contribution >= 0.6 is 0 Å². The van der Waals surface area contributed by atoms with Crippen molar-refractivity contribution in [3.8, 4) is 12.3 Å². The Morgan fingerprint density at radius 3 is 2.31 bits per heavy atom. The average Bonchev–Trinajstić information content (AvgIpc) is 2.11. The van der Waals surface area contributed by atoms with Crippen LogP contribution in [-0.2, 0) is 9.59 Å². The number of rotatable bonds is 4. The number of terminal acetylenes is 1. The Kier molecular flexibility index (Phi) is 4.99. The van der Waals surface area contributed by atoms with Crippen LogP contribution in [0.25, 0.3) is 0 Å². The molecule has 5 heteroatoms. The van der Waals surface area contributed by atoms with Crippen molar-refractivity contribution in [3.05, 3.63) is 0 Å². The zero-order chi connectivity index (χ0) is 12.9. The Balaban J connectivity index is 4.61. The first-order valence-electron chi connectivity index (χ1n) is 4.92. The zero-order valence-corrected chi connectivity index (χ0v) is 9.78. The Bertz CT molecular complexity index is 312. The van der Waals surface area contributed by atoms with Gasteiger partial charge in [-0.2, -0.15) is 0 Å². The highest BCUT2D eigenvalue weighted by molar-refractivity contribution is 5.87. The maximum absolute atomic E-state index is 11.5. The van der Waals surface area contributed by atoms with Gasteiger partial charge in [-0.1, -0.05) is 20.8 Å². The van der Waals surface area contributed by atoms with E-state index in [-0.39, 0.29) is 6.42 Å². The summed E-state index contributed by atoms with van der Waals surface area (Å²) in [5, 5.41) is 11.4. The number of carboxylic acid groups (broad SMARTS) is 1. The molecule has 0 fully saturated rings. The minimum atomic E-state index is -1.09. The second-order valence-electron chi connectivity index (χ2n) is 4.66. The maximum Gasteiger partial charge on any atom is 0.326 e. The zero-order valence-electron chi connectivity index (χ0n) is 9.78. The van der Waals surface area contributed by atoms with E-state index in [1.807, 2.05) is 0 Å². The van der Waals surface area contributed by atoms with E-state index in [1.54, 1.807) is 20.8 Å². The summed E-state index contributed by atoms with van der Waals surface area (Å²) in [5.74, 6) is 0.626. The molecule has 0 saturated heterocycles. The lowest BCUT2D eigenvalue weighted by atomic mass is 9.86. The summed E-state index contributed by atoms with van der Waals surface area (Å²) in [5.41, 5.74) is 4.89. The molecular formula is C11H18N2O3. The highest BCUT2D eigenvalue weighted by Gasteiger charge is 2.33. The molecule has 2 atom stereocenters. The van der Waals surface area contributed by atoms with Gasteiger partial charge in [0.25, 0.3) is 0 Å².